The molecule has 0 radical (unpaired) electrons. The highest BCUT2D eigenvalue weighted by atomic mass is 19.1. The van der Waals surface area contributed by atoms with Crippen molar-refractivity contribution in [2.24, 2.45) is 0 Å². The molecular formula is C29H31FO5. The maximum atomic E-state index is 14.8. The summed E-state index contributed by atoms with van der Waals surface area (Å²) in [6.07, 6.45) is 4.42. The van der Waals surface area contributed by atoms with E-state index in [1.165, 1.54) is 6.07 Å². The molecule has 1 aliphatic rings. The minimum absolute atomic E-state index is 0.0631. The quantitative estimate of drug-likeness (QED) is 0.341. The predicted molar refractivity (Wildman–Crippen MR) is 133 cm³/mol. The Morgan fingerprint density at radius 1 is 1.03 bits per heavy atom. The standard InChI is InChI=1S/C29H31FO5/c1-19(14-29(31)32)21-6-5-9-24(16-21)34-18-20-10-12-25(26-17-23(33-2)11-13-27(26)30)28(15-20)35-22-7-3-4-8-22/h5-6,9-13,15-17,19,22H,3-4,7-8,14,18H2,1-2H3,(H,31,32)/t19-/m1/s1. The molecule has 6 heteroatoms. The number of aliphatic carboxylic acids is 1. The summed E-state index contributed by atoms with van der Waals surface area (Å²) in [4.78, 5) is 11.0. The molecular weight excluding hydrogens is 447 g/mol. The van der Waals surface area contributed by atoms with Crippen LogP contribution in [0.15, 0.2) is 60.7 Å². The molecule has 35 heavy (non-hydrogen) atoms. The zero-order chi connectivity index (χ0) is 24.8. The van der Waals surface area contributed by atoms with Gasteiger partial charge in [0.05, 0.1) is 19.6 Å². The van der Waals surface area contributed by atoms with Gasteiger partial charge in [-0.15, -0.1) is 0 Å². The second kappa shape index (κ2) is 11.3. The number of hydrogen-bond acceptors (Lipinski definition) is 4. The van der Waals surface area contributed by atoms with Gasteiger partial charge in [-0.3, -0.25) is 4.79 Å². The number of carboxylic acids is 1. The largest absolute Gasteiger partial charge is 0.497 e. The number of carboxylic acid groups (broad SMARTS) is 1. The van der Waals surface area contributed by atoms with Gasteiger partial charge in [-0.25, -0.2) is 4.39 Å². The molecule has 1 N–H and O–H groups in total. The lowest BCUT2D eigenvalue weighted by Gasteiger charge is -2.19. The molecule has 3 aromatic rings. The van der Waals surface area contributed by atoms with Crippen molar-refractivity contribution in [3.63, 3.8) is 0 Å². The van der Waals surface area contributed by atoms with Crippen molar-refractivity contribution in [3.05, 3.63) is 77.6 Å². The summed E-state index contributed by atoms with van der Waals surface area (Å²) in [6.45, 7) is 2.19. The SMILES string of the molecule is COc1ccc(F)c(-c2ccc(COc3cccc([C@H](C)CC(=O)O)c3)cc2OC2CCCC2)c1. The van der Waals surface area contributed by atoms with Crippen LogP contribution in [0.3, 0.4) is 0 Å². The van der Waals surface area contributed by atoms with E-state index in [9.17, 15) is 9.18 Å². The van der Waals surface area contributed by atoms with Crippen LogP contribution in [0.4, 0.5) is 4.39 Å². The van der Waals surface area contributed by atoms with Crippen molar-refractivity contribution in [1.29, 1.82) is 0 Å². The fourth-order valence-corrected chi connectivity index (χ4v) is 4.46. The summed E-state index contributed by atoms with van der Waals surface area (Å²) in [5, 5.41) is 9.07. The molecule has 0 spiro atoms. The van der Waals surface area contributed by atoms with E-state index >= 15 is 0 Å². The van der Waals surface area contributed by atoms with Crippen molar-refractivity contribution in [2.45, 2.75) is 57.7 Å². The van der Waals surface area contributed by atoms with Crippen LogP contribution < -0.4 is 14.2 Å². The summed E-state index contributed by atoms with van der Waals surface area (Å²) in [5.74, 6) is 0.608. The van der Waals surface area contributed by atoms with E-state index in [4.69, 9.17) is 19.3 Å². The molecule has 1 fully saturated rings. The summed E-state index contributed by atoms with van der Waals surface area (Å²) in [5.41, 5.74) is 2.93. The molecule has 5 nitrogen and oxygen atoms in total. The van der Waals surface area contributed by atoms with Gasteiger partial charge in [0.1, 0.15) is 29.7 Å². The van der Waals surface area contributed by atoms with E-state index in [1.54, 1.807) is 19.2 Å². The zero-order valence-electron chi connectivity index (χ0n) is 20.1. The molecule has 0 bridgehead atoms. The van der Waals surface area contributed by atoms with Crippen molar-refractivity contribution in [2.75, 3.05) is 7.11 Å². The lowest BCUT2D eigenvalue weighted by Crippen LogP contribution is -2.12. The third-order valence-electron chi connectivity index (χ3n) is 6.42. The molecule has 3 aromatic carbocycles. The molecule has 0 aromatic heterocycles. The van der Waals surface area contributed by atoms with E-state index in [0.29, 0.717) is 35.0 Å². The van der Waals surface area contributed by atoms with Gasteiger partial charge in [0.15, 0.2) is 0 Å². The Morgan fingerprint density at radius 2 is 1.83 bits per heavy atom. The minimum Gasteiger partial charge on any atom is -0.497 e. The fraction of sp³-hybridized carbons (Fsp3) is 0.345. The number of hydrogen-bond donors (Lipinski definition) is 1. The Hall–Kier alpha value is -3.54. The molecule has 0 heterocycles. The molecule has 0 amide bonds. The first-order chi connectivity index (χ1) is 16.9. The fourth-order valence-electron chi connectivity index (χ4n) is 4.46. The lowest BCUT2D eigenvalue weighted by molar-refractivity contribution is -0.137. The summed E-state index contributed by atoms with van der Waals surface area (Å²) in [6, 6.07) is 17.9. The summed E-state index contributed by atoms with van der Waals surface area (Å²) in [7, 11) is 1.56. The normalized spacial score (nSPS) is 14.5. The van der Waals surface area contributed by atoms with Gasteiger partial charge in [-0.05, 0) is 79.1 Å². The van der Waals surface area contributed by atoms with Crippen molar-refractivity contribution < 1.29 is 28.5 Å². The van der Waals surface area contributed by atoms with Gasteiger partial charge in [0.25, 0.3) is 0 Å². The Kier molecular flexibility index (Phi) is 7.91. The van der Waals surface area contributed by atoms with Crippen molar-refractivity contribution >= 4 is 5.97 Å². The number of methoxy groups -OCH3 is 1. The first-order valence-electron chi connectivity index (χ1n) is 12.0. The van der Waals surface area contributed by atoms with Gasteiger partial charge in [-0.2, -0.15) is 0 Å². The number of carbonyl (C=O) groups is 1. The monoisotopic (exact) mass is 478 g/mol. The Morgan fingerprint density at radius 3 is 2.57 bits per heavy atom. The van der Waals surface area contributed by atoms with Gasteiger partial charge in [-0.1, -0.05) is 31.2 Å². The van der Waals surface area contributed by atoms with Crippen LogP contribution in [0.25, 0.3) is 11.1 Å². The van der Waals surface area contributed by atoms with Crippen LogP contribution in [0, 0.1) is 5.82 Å². The summed E-state index contributed by atoms with van der Waals surface area (Å²) < 4.78 is 32.4. The molecule has 4 rings (SSSR count). The van der Waals surface area contributed by atoms with E-state index in [-0.39, 0.29) is 24.3 Å². The molecule has 1 atom stereocenters. The topological polar surface area (TPSA) is 65.0 Å². The average Bonchev–Trinajstić information content (AvgIpc) is 3.36. The van der Waals surface area contributed by atoms with Gasteiger partial charge in [0.2, 0.25) is 0 Å². The van der Waals surface area contributed by atoms with Crippen molar-refractivity contribution in [3.8, 4) is 28.4 Å². The van der Waals surface area contributed by atoms with Crippen LogP contribution in [0.1, 0.15) is 56.1 Å². The summed E-state index contributed by atoms with van der Waals surface area (Å²) >= 11 is 0. The Labute approximate surface area is 205 Å². The third-order valence-corrected chi connectivity index (χ3v) is 6.42. The minimum atomic E-state index is -0.828. The number of halogens is 1. The van der Waals surface area contributed by atoms with E-state index in [2.05, 4.69) is 0 Å². The lowest BCUT2D eigenvalue weighted by atomic mass is 9.98. The van der Waals surface area contributed by atoms with Crippen LogP contribution in [-0.4, -0.2) is 24.3 Å². The highest BCUT2D eigenvalue weighted by Gasteiger charge is 2.20. The Balaban J connectivity index is 1.57. The molecule has 1 saturated carbocycles. The number of benzene rings is 3. The second-order valence-electron chi connectivity index (χ2n) is 9.06. The van der Waals surface area contributed by atoms with Crippen LogP contribution in [0.5, 0.6) is 17.2 Å². The molecule has 0 saturated heterocycles. The maximum absolute atomic E-state index is 14.8. The van der Waals surface area contributed by atoms with E-state index in [0.717, 1.165) is 36.8 Å². The highest BCUT2D eigenvalue weighted by molar-refractivity contribution is 5.73. The Bertz CT molecular complexity index is 1170. The molecule has 0 unspecified atom stereocenters. The maximum Gasteiger partial charge on any atom is 0.303 e. The third kappa shape index (κ3) is 6.32. The second-order valence-corrected chi connectivity index (χ2v) is 9.06. The first-order valence-corrected chi connectivity index (χ1v) is 12.0. The van der Waals surface area contributed by atoms with Gasteiger partial charge < -0.3 is 19.3 Å². The number of rotatable bonds is 10. The molecule has 184 valence electrons. The highest BCUT2D eigenvalue weighted by Crippen LogP contribution is 2.37. The zero-order valence-corrected chi connectivity index (χ0v) is 20.1. The smallest absolute Gasteiger partial charge is 0.303 e. The predicted octanol–water partition coefficient (Wildman–Crippen LogP) is 6.98. The van der Waals surface area contributed by atoms with Crippen molar-refractivity contribution in [1.82, 2.24) is 0 Å². The first kappa shape index (κ1) is 24.6. The van der Waals surface area contributed by atoms with E-state index < -0.39 is 5.97 Å². The van der Waals surface area contributed by atoms with Gasteiger partial charge >= 0.3 is 5.97 Å². The average molecular weight is 479 g/mol. The van der Waals surface area contributed by atoms with E-state index in [1.807, 2.05) is 49.4 Å². The van der Waals surface area contributed by atoms with Crippen LogP contribution in [0.2, 0.25) is 0 Å². The van der Waals surface area contributed by atoms with Crippen LogP contribution >= 0.6 is 0 Å². The molecule has 1 aliphatic carbocycles. The molecule has 0 aliphatic heterocycles. The van der Waals surface area contributed by atoms with Gasteiger partial charge in [0, 0.05) is 11.1 Å². The number of ether oxygens (including phenoxy) is 3. The van der Waals surface area contributed by atoms with Crippen LogP contribution in [-0.2, 0) is 11.4 Å².